The molecule has 12 heavy (non-hydrogen) atoms. The van der Waals surface area contributed by atoms with Crippen LogP contribution in [-0.2, 0) is 4.74 Å². The maximum atomic E-state index is 5.68. The Bertz CT molecular complexity index is 329. The summed E-state index contributed by atoms with van der Waals surface area (Å²) in [5, 5.41) is 0. The lowest BCUT2D eigenvalue weighted by atomic mass is 10.1. The van der Waals surface area contributed by atoms with Crippen molar-refractivity contribution in [1.29, 1.82) is 0 Å². The van der Waals surface area contributed by atoms with Gasteiger partial charge < -0.3 is 4.74 Å². The number of hydrogen-bond acceptors (Lipinski definition) is 1. The normalized spacial score (nSPS) is 27.7. The largest absolute Gasteiger partial charge is 0.486 e. The van der Waals surface area contributed by atoms with Crippen molar-refractivity contribution < 1.29 is 4.74 Å². The minimum atomic E-state index is 0.241. The zero-order valence-corrected chi connectivity index (χ0v) is 8.06. The Morgan fingerprint density at radius 1 is 1.08 bits per heavy atom. The van der Waals surface area contributed by atoms with Gasteiger partial charge in [0.05, 0.1) is 5.76 Å². The van der Waals surface area contributed by atoms with Crippen LogP contribution < -0.4 is 0 Å². The van der Waals surface area contributed by atoms with Crippen molar-refractivity contribution in [2.24, 2.45) is 0 Å². The van der Waals surface area contributed by atoms with Crippen molar-refractivity contribution in [2.75, 3.05) is 0 Å². The summed E-state index contributed by atoms with van der Waals surface area (Å²) in [6.45, 7) is 8.51. The fourth-order valence-electron chi connectivity index (χ4n) is 1.91. The predicted molar refractivity (Wildman–Crippen MR) is 49.7 cm³/mol. The van der Waals surface area contributed by atoms with Crippen molar-refractivity contribution in [1.82, 2.24) is 0 Å². The minimum Gasteiger partial charge on any atom is -0.486 e. The number of ether oxygens (including phenoxy) is 1. The molecule has 0 spiro atoms. The molecule has 0 aromatic carbocycles. The Hall–Kier alpha value is -0.980. The van der Waals surface area contributed by atoms with E-state index in [-0.39, 0.29) is 6.10 Å². The molecule has 1 heteroatoms. The molecule has 0 saturated heterocycles. The second-order valence-electron chi connectivity index (χ2n) is 3.64. The molecule has 0 fully saturated rings. The van der Waals surface area contributed by atoms with E-state index in [0.29, 0.717) is 0 Å². The van der Waals surface area contributed by atoms with Gasteiger partial charge in [-0.1, -0.05) is 0 Å². The molecule has 1 aliphatic heterocycles. The second-order valence-corrected chi connectivity index (χ2v) is 3.64. The van der Waals surface area contributed by atoms with Gasteiger partial charge in [0.25, 0.3) is 0 Å². The molecule has 1 unspecified atom stereocenters. The highest BCUT2D eigenvalue weighted by Crippen LogP contribution is 2.39. The first-order valence-corrected chi connectivity index (χ1v) is 4.34. The average Bonchev–Trinajstić information content (AvgIpc) is 2.49. The molecule has 1 atom stereocenters. The summed E-state index contributed by atoms with van der Waals surface area (Å²) >= 11 is 0. The predicted octanol–water partition coefficient (Wildman–Crippen LogP) is 2.96. The van der Waals surface area contributed by atoms with Gasteiger partial charge in [0, 0.05) is 5.57 Å². The number of hydrogen-bond donors (Lipinski definition) is 0. The van der Waals surface area contributed by atoms with E-state index in [4.69, 9.17) is 4.74 Å². The van der Waals surface area contributed by atoms with Crippen molar-refractivity contribution in [2.45, 2.75) is 33.8 Å². The SMILES string of the molecule is CC1=CC2=C(C)C(C)=C(C)C2O1. The van der Waals surface area contributed by atoms with Crippen molar-refractivity contribution >= 4 is 0 Å². The molecule has 0 N–H and O–H groups in total. The molecule has 1 heterocycles. The lowest BCUT2D eigenvalue weighted by Gasteiger charge is -2.10. The van der Waals surface area contributed by atoms with Crippen LogP contribution in [0.15, 0.2) is 34.1 Å². The number of allylic oxidation sites excluding steroid dienone is 3. The zero-order chi connectivity index (χ0) is 8.88. The van der Waals surface area contributed by atoms with Gasteiger partial charge >= 0.3 is 0 Å². The van der Waals surface area contributed by atoms with Gasteiger partial charge in [-0.25, -0.2) is 0 Å². The van der Waals surface area contributed by atoms with E-state index in [1.807, 2.05) is 6.92 Å². The summed E-state index contributed by atoms with van der Waals surface area (Å²) in [7, 11) is 0. The summed E-state index contributed by atoms with van der Waals surface area (Å²) in [5.74, 6) is 1.04. The van der Waals surface area contributed by atoms with E-state index in [0.717, 1.165) is 5.76 Å². The van der Waals surface area contributed by atoms with Gasteiger partial charge in [-0.3, -0.25) is 0 Å². The highest BCUT2D eigenvalue weighted by Gasteiger charge is 2.31. The van der Waals surface area contributed by atoms with E-state index in [2.05, 4.69) is 26.8 Å². The molecule has 2 rings (SSSR count). The average molecular weight is 162 g/mol. The third-order valence-electron chi connectivity index (χ3n) is 2.93. The summed E-state index contributed by atoms with van der Waals surface area (Å²) in [6, 6.07) is 0. The number of fused-ring (bicyclic) bond motifs is 1. The van der Waals surface area contributed by atoms with Crippen molar-refractivity contribution in [3.05, 3.63) is 34.1 Å². The monoisotopic (exact) mass is 162 g/mol. The van der Waals surface area contributed by atoms with Crippen molar-refractivity contribution in [3.8, 4) is 0 Å². The minimum absolute atomic E-state index is 0.241. The summed E-state index contributed by atoms with van der Waals surface area (Å²) in [4.78, 5) is 0. The molecule has 0 bridgehead atoms. The van der Waals surface area contributed by atoms with Crippen LogP contribution in [0.1, 0.15) is 27.7 Å². The molecular weight excluding hydrogens is 148 g/mol. The van der Waals surface area contributed by atoms with Crippen LogP contribution in [0.5, 0.6) is 0 Å². The standard InChI is InChI=1S/C11H14O/c1-6-5-10-8(3)7(2)9(4)11(10)12-6/h5,11H,1-4H3. The van der Waals surface area contributed by atoms with Crippen LogP contribution in [-0.4, -0.2) is 6.10 Å². The lowest BCUT2D eigenvalue weighted by Crippen LogP contribution is -2.06. The number of rotatable bonds is 0. The van der Waals surface area contributed by atoms with E-state index in [1.165, 1.54) is 22.3 Å². The van der Waals surface area contributed by atoms with Crippen LogP contribution in [0.4, 0.5) is 0 Å². The maximum Gasteiger partial charge on any atom is 0.145 e. The maximum absolute atomic E-state index is 5.68. The van der Waals surface area contributed by atoms with Gasteiger partial charge in [0.1, 0.15) is 6.10 Å². The van der Waals surface area contributed by atoms with E-state index < -0.39 is 0 Å². The lowest BCUT2D eigenvalue weighted by molar-refractivity contribution is 0.198. The topological polar surface area (TPSA) is 9.23 Å². The molecular formula is C11H14O. The van der Waals surface area contributed by atoms with Gasteiger partial charge in [0.15, 0.2) is 0 Å². The molecule has 0 aromatic rings. The smallest absolute Gasteiger partial charge is 0.145 e. The molecule has 0 amide bonds. The highest BCUT2D eigenvalue weighted by molar-refractivity contribution is 5.55. The van der Waals surface area contributed by atoms with Crippen LogP contribution in [0.2, 0.25) is 0 Å². The first kappa shape index (κ1) is 7.66. The molecule has 1 nitrogen and oxygen atoms in total. The van der Waals surface area contributed by atoms with E-state index >= 15 is 0 Å². The van der Waals surface area contributed by atoms with Gasteiger partial charge in [-0.2, -0.15) is 0 Å². The third-order valence-corrected chi connectivity index (χ3v) is 2.93. The Kier molecular flexibility index (Phi) is 1.44. The molecule has 0 saturated carbocycles. The first-order valence-electron chi connectivity index (χ1n) is 4.34. The van der Waals surface area contributed by atoms with Gasteiger partial charge in [-0.05, 0) is 50.5 Å². The molecule has 1 aliphatic carbocycles. The zero-order valence-electron chi connectivity index (χ0n) is 8.06. The Balaban J connectivity index is 2.49. The van der Waals surface area contributed by atoms with Crippen LogP contribution in [0, 0.1) is 0 Å². The Morgan fingerprint density at radius 3 is 2.33 bits per heavy atom. The molecule has 0 aromatic heterocycles. The fourth-order valence-corrected chi connectivity index (χ4v) is 1.91. The van der Waals surface area contributed by atoms with Crippen molar-refractivity contribution in [3.63, 3.8) is 0 Å². The Morgan fingerprint density at radius 2 is 1.75 bits per heavy atom. The van der Waals surface area contributed by atoms with E-state index in [1.54, 1.807) is 0 Å². The quantitative estimate of drug-likeness (QED) is 0.532. The van der Waals surface area contributed by atoms with Gasteiger partial charge in [-0.15, -0.1) is 0 Å². The van der Waals surface area contributed by atoms with Crippen LogP contribution in [0.25, 0.3) is 0 Å². The molecule has 64 valence electrons. The van der Waals surface area contributed by atoms with Gasteiger partial charge in [0.2, 0.25) is 0 Å². The summed E-state index contributed by atoms with van der Waals surface area (Å²) in [5.41, 5.74) is 5.53. The second kappa shape index (κ2) is 2.25. The third kappa shape index (κ3) is 0.795. The van der Waals surface area contributed by atoms with Crippen LogP contribution >= 0.6 is 0 Å². The highest BCUT2D eigenvalue weighted by atomic mass is 16.5. The summed E-state index contributed by atoms with van der Waals surface area (Å²) < 4.78 is 5.68. The summed E-state index contributed by atoms with van der Waals surface area (Å²) in [6.07, 6.45) is 2.39. The first-order chi connectivity index (χ1) is 5.61. The molecule has 2 aliphatic rings. The fraction of sp³-hybridized carbons (Fsp3) is 0.455. The Labute approximate surface area is 73.4 Å². The van der Waals surface area contributed by atoms with E-state index in [9.17, 15) is 0 Å². The van der Waals surface area contributed by atoms with Crippen LogP contribution in [0.3, 0.4) is 0 Å². The molecule has 0 radical (unpaired) electrons.